The van der Waals surface area contributed by atoms with Gasteiger partial charge in [0.25, 0.3) is 5.88 Å². The molecule has 18 heavy (non-hydrogen) atoms. The Morgan fingerprint density at radius 3 is 2.78 bits per heavy atom. The van der Waals surface area contributed by atoms with Crippen molar-refractivity contribution in [3.8, 4) is 11.6 Å². The maximum absolute atomic E-state index is 5.78. The normalized spacial score (nSPS) is 15.7. The average molecular weight is 251 g/mol. The van der Waals surface area contributed by atoms with Crippen molar-refractivity contribution >= 4 is 5.82 Å². The van der Waals surface area contributed by atoms with Gasteiger partial charge in [0, 0.05) is 6.54 Å². The highest BCUT2D eigenvalue weighted by Gasteiger charge is 2.18. The molecule has 1 aromatic rings. The van der Waals surface area contributed by atoms with E-state index in [1.54, 1.807) is 7.11 Å². The smallest absolute Gasteiger partial charge is 0.262 e. The summed E-state index contributed by atoms with van der Waals surface area (Å²) in [5, 5.41) is 3.14. The molecule has 0 spiro atoms. The molecule has 1 fully saturated rings. The highest BCUT2D eigenvalue weighted by molar-refractivity contribution is 5.54. The minimum absolute atomic E-state index is 0.537. The van der Waals surface area contributed by atoms with Gasteiger partial charge in [-0.15, -0.1) is 0 Å². The van der Waals surface area contributed by atoms with E-state index in [0.29, 0.717) is 23.4 Å². The number of methoxy groups -OCH3 is 1. The first-order valence-corrected chi connectivity index (χ1v) is 6.60. The maximum atomic E-state index is 5.78. The lowest BCUT2D eigenvalue weighted by Gasteiger charge is -2.14. The second-order valence-corrected chi connectivity index (χ2v) is 4.55. The topological polar surface area (TPSA) is 56.3 Å². The van der Waals surface area contributed by atoms with Gasteiger partial charge in [0.2, 0.25) is 5.75 Å². The molecule has 0 unspecified atom stereocenters. The standard InChI is InChI=1S/C13H21N3O2/c1-3-14-12-11(17-2)13(16-9-15-12)18-8-10-6-4-5-7-10/h9-10H,3-8H2,1-2H3,(H,14,15,16). The van der Waals surface area contributed by atoms with E-state index in [2.05, 4.69) is 15.3 Å². The Kier molecular flexibility index (Phi) is 4.61. The summed E-state index contributed by atoms with van der Waals surface area (Å²) in [5.41, 5.74) is 0. The third kappa shape index (κ3) is 3.03. The zero-order valence-electron chi connectivity index (χ0n) is 11.1. The van der Waals surface area contributed by atoms with Crippen LogP contribution in [0.1, 0.15) is 32.6 Å². The molecular weight excluding hydrogens is 230 g/mol. The second-order valence-electron chi connectivity index (χ2n) is 4.55. The van der Waals surface area contributed by atoms with Crippen molar-refractivity contribution in [2.24, 2.45) is 5.92 Å². The van der Waals surface area contributed by atoms with Crippen LogP contribution in [0.3, 0.4) is 0 Å². The molecule has 0 aromatic carbocycles. The Labute approximate surface area is 108 Å². The molecule has 0 radical (unpaired) electrons. The Balaban J connectivity index is 2.03. The Hall–Kier alpha value is -1.52. The van der Waals surface area contributed by atoms with E-state index in [0.717, 1.165) is 13.2 Å². The quantitative estimate of drug-likeness (QED) is 0.841. The summed E-state index contributed by atoms with van der Waals surface area (Å²) in [6, 6.07) is 0. The van der Waals surface area contributed by atoms with Crippen LogP contribution in [0.5, 0.6) is 11.6 Å². The summed E-state index contributed by atoms with van der Waals surface area (Å²) in [6.45, 7) is 3.52. The predicted octanol–water partition coefficient (Wildman–Crippen LogP) is 2.49. The van der Waals surface area contributed by atoms with Crippen LogP contribution < -0.4 is 14.8 Å². The van der Waals surface area contributed by atoms with Crippen molar-refractivity contribution in [2.75, 3.05) is 25.6 Å². The van der Waals surface area contributed by atoms with Gasteiger partial charge in [-0.2, -0.15) is 4.98 Å². The number of aromatic nitrogens is 2. The zero-order chi connectivity index (χ0) is 12.8. The number of anilines is 1. The predicted molar refractivity (Wildman–Crippen MR) is 70.2 cm³/mol. The molecule has 0 atom stereocenters. The van der Waals surface area contributed by atoms with Crippen LogP contribution in [0.25, 0.3) is 0 Å². The summed E-state index contributed by atoms with van der Waals surface area (Å²) in [7, 11) is 1.61. The first-order chi connectivity index (χ1) is 8.85. The highest BCUT2D eigenvalue weighted by atomic mass is 16.5. The summed E-state index contributed by atoms with van der Waals surface area (Å²) in [6.07, 6.45) is 6.65. The van der Waals surface area contributed by atoms with Gasteiger partial charge < -0.3 is 14.8 Å². The van der Waals surface area contributed by atoms with Gasteiger partial charge in [0.05, 0.1) is 13.7 Å². The number of nitrogens with one attached hydrogen (secondary N) is 1. The van der Waals surface area contributed by atoms with Crippen LogP contribution in [0.15, 0.2) is 6.33 Å². The molecule has 0 amide bonds. The van der Waals surface area contributed by atoms with E-state index in [4.69, 9.17) is 9.47 Å². The Morgan fingerprint density at radius 1 is 1.33 bits per heavy atom. The van der Waals surface area contributed by atoms with E-state index >= 15 is 0 Å². The third-order valence-electron chi connectivity index (χ3n) is 3.25. The molecule has 5 heteroatoms. The van der Waals surface area contributed by atoms with Crippen LogP contribution in [0, 0.1) is 5.92 Å². The number of hydrogen-bond acceptors (Lipinski definition) is 5. The van der Waals surface area contributed by atoms with Crippen LogP contribution >= 0.6 is 0 Å². The SMILES string of the molecule is CCNc1ncnc(OCC2CCCC2)c1OC. The summed E-state index contributed by atoms with van der Waals surface area (Å²) >= 11 is 0. The van der Waals surface area contributed by atoms with Crippen LogP contribution in [0.4, 0.5) is 5.82 Å². The number of rotatable bonds is 6. The van der Waals surface area contributed by atoms with Gasteiger partial charge in [-0.25, -0.2) is 4.98 Å². The van der Waals surface area contributed by atoms with Gasteiger partial charge in [0.1, 0.15) is 6.33 Å². The van der Waals surface area contributed by atoms with Crippen molar-refractivity contribution < 1.29 is 9.47 Å². The van der Waals surface area contributed by atoms with E-state index in [1.807, 2.05) is 6.92 Å². The molecule has 0 aliphatic heterocycles. The van der Waals surface area contributed by atoms with Crippen molar-refractivity contribution in [1.29, 1.82) is 0 Å². The van der Waals surface area contributed by atoms with Gasteiger partial charge >= 0.3 is 0 Å². The van der Waals surface area contributed by atoms with Crippen LogP contribution in [0.2, 0.25) is 0 Å². The van der Waals surface area contributed by atoms with Crippen molar-refractivity contribution in [2.45, 2.75) is 32.6 Å². The molecule has 1 saturated carbocycles. The number of ether oxygens (including phenoxy) is 2. The van der Waals surface area contributed by atoms with E-state index in [9.17, 15) is 0 Å². The molecular formula is C13H21N3O2. The van der Waals surface area contributed by atoms with E-state index in [-0.39, 0.29) is 0 Å². The summed E-state index contributed by atoms with van der Waals surface area (Å²) in [4.78, 5) is 8.31. The van der Waals surface area contributed by atoms with Crippen LogP contribution in [-0.4, -0.2) is 30.2 Å². The molecule has 5 nitrogen and oxygen atoms in total. The summed E-state index contributed by atoms with van der Waals surface area (Å²) < 4.78 is 11.1. The lowest BCUT2D eigenvalue weighted by Crippen LogP contribution is -2.11. The molecule has 1 aliphatic carbocycles. The van der Waals surface area contributed by atoms with Gasteiger partial charge in [-0.05, 0) is 25.7 Å². The number of hydrogen-bond donors (Lipinski definition) is 1. The maximum Gasteiger partial charge on any atom is 0.262 e. The second kappa shape index (κ2) is 6.42. The molecule has 0 bridgehead atoms. The molecule has 1 N–H and O–H groups in total. The van der Waals surface area contributed by atoms with E-state index in [1.165, 1.54) is 32.0 Å². The fourth-order valence-electron chi connectivity index (χ4n) is 2.31. The molecule has 2 rings (SSSR count). The van der Waals surface area contributed by atoms with Crippen molar-refractivity contribution in [3.05, 3.63) is 6.33 Å². The van der Waals surface area contributed by atoms with Crippen molar-refractivity contribution in [3.63, 3.8) is 0 Å². The third-order valence-corrected chi connectivity index (χ3v) is 3.25. The molecule has 0 saturated heterocycles. The first-order valence-electron chi connectivity index (χ1n) is 6.60. The molecule has 1 aromatic heterocycles. The fraction of sp³-hybridized carbons (Fsp3) is 0.692. The Morgan fingerprint density at radius 2 is 2.11 bits per heavy atom. The zero-order valence-corrected chi connectivity index (χ0v) is 11.1. The monoisotopic (exact) mass is 251 g/mol. The molecule has 1 aliphatic rings. The highest BCUT2D eigenvalue weighted by Crippen LogP contribution is 2.32. The van der Waals surface area contributed by atoms with Gasteiger partial charge in [-0.1, -0.05) is 12.8 Å². The van der Waals surface area contributed by atoms with Crippen molar-refractivity contribution in [1.82, 2.24) is 9.97 Å². The largest absolute Gasteiger partial charge is 0.489 e. The van der Waals surface area contributed by atoms with E-state index < -0.39 is 0 Å². The molecule has 100 valence electrons. The lowest BCUT2D eigenvalue weighted by molar-refractivity contribution is 0.231. The minimum Gasteiger partial charge on any atom is -0.489 e. The first kappa shape index (κ1) is 12.9. The average Bonchev–Trinajstić information content (AvgIpc) is 2.90. The Bertz CT molecular complexity index is 378. The lowest BCUT2D eigenvalue weighted by atomic mass is 10.1. The molecule has 1 heterocycles. The number of nitrogens with zero attached hydrogens (tertiary/aromatic N) is 2. The minimum atomic E-state index is 0.537. The van der Waals surface area contributed by atoms with Gasteiger partial charge in [0.15, 0.2) is 5.82 Å². The van der Waals surface area contributed by atoms with Gasteiger partial charge in [-0.3, -0.25) is 0 Å². The van der Waals surface area contributed by atoms with Crippen LogP contribution in [-0.2, 0) is 0 Å². The fourth-order valence-corrected chi connectivity index (χ4v) is 2.31. The summed E-state index contributed by atoms with van der Waals surface area (Å²) in [5.74, 6) is 2.48.